The number of hydrogen-bond donors (Lipinski definition) is 1. The number of rotatable bonds is 5. The number of hydrogen-bond acceptors (Lipinski definition) is 3. The molecule has 19 heavy (non-hydrogen) atoms. The molecule has 4 heteroatoms. The maximum absolute atomic E-state index is 5.79. The van der Waals surface area contributed by atoms with Gasteiger partial charge in [-0.2, -0.15) is 0 Å². The maximum Gasteiger partial charge on any atom is 0.120 e. The van der Waals surface area contributed by atoms with E-state index in [1.807, 2.05) is 24.3 Å². The normalized spacial score (nSPS) is 20.3. The minimum Gasteiger partial charge on any atom is -0.492 e. The molecule has 0 aliphatic carbocycles. The lowest BCUT2D eigenvalue weighted by atomic mass is 10.1. The van der Waals surface area contributed by atoms with Gasteiger partial charge < -0.3 is 10.1 Å². The van der Waals surface area contributed by atoms with Crippen molar-refractivity contribution in [2.45, 2.75) is 25.3 Å². The maximum atomic E-state index is 5.79. The lowest BCUT2D eigenvalue weighted by Crippen LogP contribution is -2.35. The molecule has 1 saturated heterocycles. The molecular formula is C15H23BrN2O. The molecule has 1 unspecified atom stereocenters. The largest absolute Gasteiger partial charge is 0.492 e. The first kappa shape index (κ1) is 14.8. The van der Waals surface area contributed by atoms with E-state index in [0.29, 0.717) is 6.04 Å². The molecule has 0 saturated carbocycles. The Morgan fingerprint density at radius 2 is 2.26 bits per heavy atom. The predicted molar refractivity (Wildman–Crippen MR) is 82.8 cm³/mol. The van der Waals surface area contributed by atoms with Gasteiger partial charge >= 0.3 is 0 Å². The highest BCUT2D eigenvalue weighted by atomic mass is 79.9. The Morgan fingerprint density at radius 3 is 3.11 bits per heavy atom. The van der Waals surface area contributed by atoms with E-state index in [2.05, 4.69) is 33.2 Å². The topological polar surface area (TPSA) is 24.5 Å². The van der Waals surface area contributed by atoms with Crippen molar-refractivity contribution in [2.75, 3.05) is 33.3 Å². The average Bonchev–Trinajstić information content (AvgIpc) is 2.67. The molecule has 1 N–H and O–H groups in total. The fraction of sp³-hybridized carbons (Fsp3) is 0.600. The van der Waals surface area contributed by atoms with Gasteiger partial charge in [0.15, 0.2) is 0 Å². The third-order valence-corrected chi connectivity index (χ3v) is 4.17. The summed E-state index contributed by atoms with van der Waals surface area (Å²) in [5.41, 5.74) is 0. The van der Waals surface area contributed by atoms with Gasteiger partial charge in [0.05, 0.1) is 0 Å². The highest BCUT2D eigenvalue weighted by molar-refractivity contribution is 9.10. The van der Waals surface area contributed by atoms with Crippen LogP contribution in [0.4, 0.5) is 0 Å². The second kappa shape index (κ2) is 7.88. The van der Waals surface area contributed by atoms with Crippen LogP contribution in [0.3, 0.4) is 0 Å². The zero-order chi connectivity index (χ0) is 13.5. The summed E-state index contributed by atoms with van der Waals surface area (Å²) in [5, 5.41) is 3.46. The van der Waals surface area contributed by atoms with Gasteiger partial charge in [0.1, 0.15) is 12.4 Å². The summed E-state index contributed by atoms with van der Waals surface area (Å²) in [6.45, 7) is 4.04. The van der Waals surface area contributed by atoms with E-state index in [1.54, 1.807) is 0 Å². The highest BCUT2D eigenvalue weighted by Gasteiger charge is 2.16. The zero-order valence-electron chi connectivity index (χ0n) is 11.6. The molecule has 1 atom stereocenters. The predicted octanol–water partition coefficient (Wildman–Crippen LogP) is 2.90. The number of nitrogens with one attached hydrogen (secondary N) is 1. The van der Waals surface area contributed by atoms with E-state index >= 15 is 0 Å². The smallest absolute Gasteiger partial charge is 0.120 e. The van der Waals surface area contributed by atoms with Crippen LogP contribution >= 0.6 is 15.9 Å². The van der Waals surface area contributed by atoms with E-state index in [1.165, 1.54) is 25.8 Å². The number of halogens is 1. The van der Waals surface area contributed by atoms with Gasteiger partial charge in [-0.3, -0.25) is 4.90 Å². The first-order chi connectivity index (χ1) is 9.25. The zero-order valence-corrected chi connectivity index (χ0v) is 13.2. The molecule has 3 nitrogen and oxygen atoms in total. The lowest BCUT2D eigenvalue weighted by Gasteiger charge is -2.26. The van der Waals surface area contributed by atoms with E-state index in [9.17, 15) is 0 Å². The van der Waals surface area contributed by atoms with Gasteiger partial charge in [0.2, 0.25) is 0 Å². The number of ether oxygens (including phenoxy) is 1. The van der Waals surface area contributed by atoms with E-state index < -0.39 is 0 Å². The first-order valence-corrected chi connectivity index (χ1v) is 7.84. The van der Waals surface area contributed by atoms with Gasteiger partial charge in [-0.1, -0.05) is 22.0 Å². The van der Waals surface area contributed by atoms with Gasteiger partial charge in [-0.15, -0.1) is 0 Å². The summed E-state index contributed by atoms with van der Waals surface area (Å²) >= 11 is 3.46. The third kappa shape index (κ3) is 5.13. The van der Waals surface area contributed by atoms with Crippen LogP contribution in [-0.4, -0.2) is 44.2 Å². The Hall–Kier alpha value is -0.580. The Balaban J connectivity index is 1.72. The van der Waals surface area contributed by atoms with Gasteiger partial charge in [0, 0.05) is 17.1 Å². The van der Waals surface area contributed by atoms with E-state index in [0.717, 1.165) is 29.9 Å². The number of nitrogens with zero attached hydrogens (tertiary/aromatic N) is 1. The molecule has 0 aromatic heterocycles. The molecule has 1 heterocycles. The molecule has 1 aromatic rings. The van der Waals surface area contributed by atoms with Gasteiger partial charge in [-0.05, 0) is 57.6 Å². The monoisotopic (exact) mass is 326 g/mol. The van der Waals surface area contributed by atoms with Crippen LogP contribution in [0.2, 0.25) is 0 Å². The lowest BCUT2D eigenvalue weighted by molar-refractivity contribution is 0.180. The Morgan fingerprint density at radius 1 is 1.37 bits per heavy atom. The molecule has 2 rings (SSSR count). The average molecular weight is 327 g/mol. The third-order valence-electron chi connectivity index (χ3n) is 3.68. The standard InChI is InChI=1S/C15H23BrN2O/c1-18(14-5-3-8-17-9-7-14)10-11-19-15-6-2-4-13(16)12-15/h2,4,6,12,14,17H,3,5,7-11H2,1H3. The fourth-order valence-corrected chi connectivity index (χ4v) is 2.87. The van der Waals surface area contributed by atoms with Crippen molar-refractivity contribution in [3.05, 3.63) is 28.7 Å². The fourth-order valence-electron chi connectivity index (χ4n) is 2.49. The molecule has 0 spiro atoms. The molecular weight excluding hydrogens is 304 g/mol. The Kier molecular flexibility index (Phi) is 6.14. The molecule has 0 bridgehead atoms. The molecule has 1 aliphatic rings. The van der Waals surface area contributed by atoms with Crippen LogP contribution in [0.1, 0.15) is 19.3 Å². The summed E-state index contributed by atoms with van der Waals surface area (Å²) in [6.07, 6.45) is 3.81. The van der Waals surface area contributed by atoms with Crippen molar-refractivity contribution < 1.29 is 4.74 Å². The van der Waals surface area contributed by atoms with Gasteiger partial charge in [-0.25, -0.2) is 0 Å². The summed E-state index contributed by atoms with van der Waals surface area (Å²) < 4.78 is 6.86. The van der Waals surface area contributed by atoms with Crippen LogP contribution in [-0.2, 0) is 0 Å². The summed E-state index contributed by atoms with van der Waals surface area (Å²) in [7, 11) is 2.21. The van der Waals surface area contributed by atoms with Crippen molar-refractivity contribution in [3.8, 4) is 5.75 Å². The second-order valence-corrected chi connectivity index (χ2v) is 6.04. The Bertz CT molecular complexity index is 378. The summed E-state index contributed by atoms with van der Waals surface area (Å²) in [6, 6.07) is 8.72. The Labute approximate surface area is 124 Å². The molecule has 1 aliphatic heterocycles. The van der Waals surface area contributed by atoms with Crippen LogP contribution in [0, 0.1) is 0 Å². The van der Waals surface area contributed by atoms with Crippen molar-refractivity contribution >= 4 is 15.9 Å². The van der Waals surface area contributed by atoms with Crippen LogP contribution in [0.15, 0.2) is 28.7 Å². The van der Waals surface area contributed by atoms with Crippen LogP contribution in [0.5, 0.6) is 5.75 Å². The molecule has 1 aromatic carbocycles. The first-order valence-electron chi connectivity index (χ1n) is 7.05. The summed E-state index contributed by atoms with van der Waals surface area (Å²) in [4.78, 5) is 2.44. The van der Waals surface area contributed by atoms with E-state index in [4.69, 9.17) is 4.74 Å². The van der Waals surface area contributed by atoms with Crippen molar-refractivity contribution in [3.63, 3.8) is 0 Å². The number of likely N-dealkylation sites (N-methyl/N-ethyl adjacent to an activating group) is 1. The van der Waals surface area contributed by atoms with Crippen molar-refractivity contribution in [1.29, 1.82) is 0 Å². The van der Waals surface area contributed by atoms with E-state index in [-0.39, 0.29) is 0 Å². The highest BCUT2D eigenvalue weighted by Crippen LogP contribution is 2.18. The minimum atomic E-state index is 0.695. The van der Waals surface area contributed by atoms with Crippen molar-refractivity contribution in [2.24, 2.45) is 0 Å². The molecule has 1 fully saturated rings. The number of benzene rings is 1. The quantitative estimate of drug-likeness (QED) is 0.900. The molecule has 0 radical (unpaired) electrons. The second-order valence-electron chi connectivity index (χ2n) is 5.12. The van der Waals surface area contributed by atoms with Crippen molar-refractivity contribution in [1.82, 2.24) is 10.2 Å². The summed E-state index contributed by atoms with van der Waals surface area (Å²) in [5.74, 6) is 0.935. The van der Waals surface area contributed by atoms with Gasteiger partial charge in [0.25, 0.3) is 0 Å². The van der Waals surface area contributed by atoms with Crippen LogP contribution in [0.25, 0.3) is 0 Å². The SMILES string of the molecule is CN(CCOc1cccc(Br)c1)C1CCCNCC1. The molecule has 106 valence electrons. The van der Waals surface area contributed by atoms with Crippen LogP contribution < -0.4 is 10.1 Å². The minimum absolute atomic E-state index is 0.695. The molecule has 0 amide bonds.